The summed E-state index contributed by atoms with van der Waals surface area (Å²) in [5.74, 6) is 0. The van der Waals surface area contributed by atoms with E-state index in [9.17, 15) is 0 Å². The molecule has 54 valence electrons. The van der Waals surface area contributed by atoms with Crippen LogP contribution < -0.4 is 0 Å². The van der Waals surface area contributed by atoms with E-state index in [0.717, 1.165) is 19.6 Å². The second-order valence-electron chi connectivity index (χ2n) is 2.61. The van der Waals surface area contributed by atoms with E-state index in [4.69, 9.17) is 4.74 Å². The zero-order valence-electron chi connectivity index (χ0n) is 6.02. The van der Waals surface area contributed by atoms with Gasteiger partial charge in [0.1, 0.15) is 0 Å². The Morgan fingerprint density at radius 1 is 1.60 bits per heavy atom. The Morgan fingerprint density at radius 3 is 3.30 bits per heavy atom. The molecule has 0 fully saturated rings. The van der Waals surface area contributed by atoms with Crippen LogP contribution in [0.5, 0.6) is 0 Å². The predicted molar refractivity (Wildman–Crippen MR) is 42.4 cm³/mol. The number of hydrogen-bond acceptors (Lipinski definition) is 2. The molecule has 0 radical (unpaired) electrons. The molecule has 0 amide bonds. The van der Waals surface area contributed by atoms with Crippen LogP contribution in [0.25, 0.3) is 0 Å². The van der Waals surface area contributed by atoms with Gasteiger partial charge in [-0.2, -0.15) is 0 Å². The third-order valence-corrected chi connectivity index (χ3v) is 2.90. The summed E-state index contributed by atoms with van der Waals surface area (Å²) >= 11 is 1.91. The lowest BCUT2D eigenvalue weighted by atomic mass is 10.2. The van der Waals surface area contributed by atoms with Crippen LogP contribution in [0.1, 0.15) is 15.3 Å². The van der Waals surface area contributed by atoms with E-state index in [-0.39, 0.29) is 0 Å². The zero-order valence-corrected chi connectivity index (χ0v) is 6.83. The summed E-state index contributed by atoms with van der Waals surface area (Å²) < 4.78 is 5.32. The predicted octanol–water partition coefficient (Wildman–Crippen LogP) is 2.13. The Morgan fingerprint density at radius 2 is 2.50 bits per heavy atom. The minimum absolute atomic E-state index is 0.833. The van der Waals surface area contributed by atoms with E-state index in [1.165, 1.54) is 15.3 Å². The highest BCUT2D eigenvalue weighted by Crippen LogP contribution is 2.25. The van der Waals surface area contributed by atoms with Crippen molar-refractivity contribution in [3.63, 3.8) is 0 Å². The highest BCUT2D eigenvalue weighted by Gasteiger charge is 2.11. The van der Waals surface area contributed by atoms with Crippen molar-refractivity contribution < 1.29 is 4.74 Å². The molecule has 10 heavy (non-hydrogen) atoms. The molecule has 1 aromatic heterocycles. The number of aryl methyl sites for hydroxylation is 1. The number of ether oxygens (including phenoxy) is 1. The zero-order chi connectivity index (χ0) is 6.97. The third kappa shape index (κ3) is 0.976. The topological polar surface area (TPSA) is 9.23 Å². The van der Waals surface area contributed by atoms with Crippen molar-refractivity contribution in [3.05, 3.63) is 21.4 Å². The van der Waals surface area contributed by atoms with Gasteiger partial charge in [-0.3, -0.25) is 0 Å². The van der Waals surface area contributed by atoms with Crippen molar-refractivity contribution >= 4 is 11.3 Å². The van der Waals surface area contributed by atoms with Gasteiger partial charge in [-0.05, 0) is 18.6 Å². The van der Waals surface area contributed by atoms with E-state index in [2.05, 4.69) is 13.0 Å². The first-order chi connectivity index (χ1) is 4.86. The lowest BCUT2D eigenvalue weighted by molar-refractivity contribution is 0.112. The maximum Gasteiger partial charge on any atom is 0.0727 e. The Kier molecular flexibility index (Phi) is 1.51. The van der Waals surface area contributed by atoms with Gasteiger partial charge in [0.15, 0.2) is 0 Å². The molecule has 1 aliphatic heterocycles. The molecule has 0 spiro atoms. The second kappa shape index (κ2) is 2.36. The molecule has 0 aromatic carbocycles. The number of thiophene rings is 1. The fourth-order valence-electron chi connectivity index (χ4n) is 1.30. The molecule has 2 heteroatoms. The fourth-order valence-corrected chi connectivity index (χ4v) is 2.32. The molecular formula is C8H10OS. The van der Waals surface area contributed by atoms with Crippen LogP contribution in [0.3, 0.4) is 0 Å². The standard InChI is InChI=1S/C8H10OS/c1-6-4-7-5-9-3-2-8(7)10-6/h4H,2-3,5H2,1H3. The van der Waals surface area contributed by atoms with Gasteiger partial charge in [0, 0.05) is 16.2 Å². The van der Waals surface area contributed by atoms with Crippen LogP contribution in [0, 0.1) is 6.92 Å². The SMILES string of the molecule is Cc1cc2c(s1)CCOC2. The Labute approximate surface area is 64.6 Å². The average Bonchev–Trinajstić information content (AvgIpc) is 2.27. The summed E-state index contributed by atoms with van der Waals surface area (Å²) in [4.78, 5) is 2.94. The summed E-state index contributed by atoms with van der Waals surface area (Å²) in [6, 6.07) is 2.24. The largest absolute Gasteiger partial charge is 0.376 e. The molecule has 2 heterocycles. The first kappa shape index (κ1) is 6.38. The van der Waals surface area contributed by atoms with Gasteiger partial charge in [-0.25, -0.2) is 0 Å². The van der Waals surface area contributed by atoms with Crippen molar-refractivity contribution in [1.29, 1.82) is 0 Å². The van der Waals surface area contributed by atoms with E-state index >= 15 is 0 Å². The molecule has 0 saturated carbocycles. The van der Waals surface area contributed by atoms with Gasteiger partial charge in [0.05, 0.1) is 13.2 Å². The lowest BCUT2D eigenvalue weighted by Crippen LogP contribution is -2.05. The first-order valence-corrected chi connectivity index (χ1v) is 4.34. The fraction of sp³-hybridized carbons (Fsp3) is 0.500. The number of fused-ring (bicyclic) bond motifs is 1. The highest BCUT2D eigenvalue weighted by molar-refractivity contribution is 7.12. The number of hydrogen-bond donors (Lipinski definition) is 0. The minimum atomic E-state index is 0.833. The maximum atomic E-state index is 5.32. The molecule has 0 unspecified atom stereocenters. The molecule has 0 bridgehead atoms. The normalized spacial score (nSPS) is 16.9. The molecule has 0 N–H and O–H groups in total. The number of rotatable bonds is 0. The van der Waals surface area contributed by atoms with Crippen molar-refractivity contribution in [1.82, 2.24) is 0 Å². The summed E-state index contributed by atoms with van der Waals surface area (Å²) in [5, 5.41) is 0. The molecule has 0 atom stereocenters. The molecule has 1 nitrogen and oxygen atoms in total. The summed E-state index contributed by atoms with van der Waals surface area (Å²) in [6.07, 6.45) is 1.12. The van der Waals surface area contributed by atoms with E-state index < -0.39 is 0 Å². The minimum Gasteiger partial charge on any atom is -0.376 e. The molecule has 1 aliphatic rings. The quantitative estimate of drug-likeness (QED) is 0.556. The molecule has 1 aromatic rings. The summed E-state index contributed by atoms with van der Waals surface area (Å²) in [6.45, 7) is 3.90. The van der Waals surface area contributed by atoms with Gasteiger partial charge >= 0.3 is 0 Å². The van der Waals surface area contributed by atoms with Crippen molar-refractivity contribution in [3.8, 4) is 0 Å². The maximum absolute atomic E-state index is 5.32. The first-order valence-electron chi connectivity index (χ1n) is 3.52. The van der Waals surface area contributed by atoms with Crippen LogP contribution >= 0.6 is 11.3 Å². The molecule has 2 rings (SSSR count). The van der Waals surface area contributed by atoms with E-state index in [0.29, 0.717) is 0 Å². The Balaban J connectivity index is 2.41. The van der Waals surface area contributed by atoms with Crippen molar-refractivity contribution in [2.45, 2.75) is 20.0 Å². The van der Waals surface area contributed by atoms with Gasteiger partial charge < -0.3 is 4.74 Å². The van der Waals surface area contributed by atoms with E-state index in [1.807, 2.05) is 11.3 Å². The smallest absolute Gasteiger partial charge is 0.0727 e. The van der Waals surface area contributed by atoms with Crippen LogP contribution in [0.2, 0.25) is 0 Å². The lowest BCUT2D eigenvalue weighted by Gasteiger charge is -2.10. The van der Waals surface area contributed by atoms with Crippen LogP contribution in [0.15, 0.2) is 6.07 Å². The van der Waals surface area contributed by atoms with Gasteiger partial charge in [-0.15, -0.1) is 11.3 Å². The molecular weight excluding hydrogens is 144 g/mol. The second-order valence-corrected chi connectivity index (χ2v) is 3.95. The van der Waals surface area contributed by atoms with Crippen LogP contribution in [-0.2, 0) is 17.8 Å². The summed E-state index contributed by atoms with van der Waals surface area (Å²) in [7, 11) is 0. The summed E-state index contributed by atoms with van der Waals surface area (Å²) in [5.41, 5.74) is 1.41. The van der Waals surface area contributed by atoms with Crippen LogP contribution in [-0.4, -0.2) is 6.61 Å². The highest BCUT2D eigenvalue weighted by atomic mass is 32.1. The van der Waals surface area contributed by atoms with Gasteiger partial charge in [0.2, 0.25) is 0 Å². The Hall–Kier alpha value is -0.340. The van der Waals surface area contributed by atoms with Crippen molar-refractivity contribution in [2.24, 2.45) is 0 Å². The Bertz CT molecular complexity index is 216. The van der Waals surface area contributed by atoms with Crippen molar-refractivity contribution in [2.75, 3.05) is 6.61 Å². The average molecular weight is 154 g/mol. The molecule has 0 saturated heterocycles. The third-order valence-electron chi connectivity index (χ3n) is 1.75. The van der Waals surface area contributed by atoms with E-state index in [1.54, 1.807) is 0 Å². The monoisotopic (exact) mass is 154 g/mol. The van der Waals surface area contributed by atoms with Gasteiger partial charge in [0.25, 0.3) is 0 Å². The molecule has 0 aliphatic carbocycles. The van der Waals surface area contributed by atoms with Gasteiger partial charge in [-0.1, -0.05) is 0 Å². The van der Waals surface area contributed by atoms with Crippen LogP contribution in [0.4, 0.5) is 0 Å².